The van der Waals surface area contributed by atoms with Crippen LogP contribution in [-0.4, -0.2) is 22.0 Å². The van der Waals surface area contributed by atoms with Crippen molar-refractivity contribution in [1.82, 2.24) is 15.0 Å². The molecule has 2 aromatic heterocycles. The fraction of sp³-hybridized carbons (Fsp3) is 0.133. The van der Waals surface area contributed by atoms with Gasteiger partial charge in [-0.2, -0.15) is 0 Å². The van der Waals surface area contributed by atoms with Crippen LogP contribution >= 0.6 is 11.6 Å². The minimum absolute atomic E-state index is 0.518. The van der Waals surface area contributed by atoms with Crippen molar-refractivity contribution in [3.63, 3.8) is 0 Å². The SMILES string of the molecule is CN(Cc1cnccn1)c1cc2ccccc2c(Cl)n1. The van der Waals surface area contributed by atoms with Crippen LogP contribution in [-0.2, 0) is 6.54 Å². The molecule has 0 radical (unpaired) electrons. The summed E-state index contributed by atoms with van der Waals surface area (Å²) in [6.45, 7) is 0.634. The molecule has 0 aliphatic carbocycles. The molecule has 0 aliphatic heterocycles. The van der Waals surface area contributed by atoms with Gasteiger partial charge in [-0.15, -0.1) is 0 Å². The molecule has 4 nitrogen and oxygen atoms in total. The first-order valence-electron chi connectivity index (χ1n) is 6.25. The predicted molar refractivity (Wildman–Crippen MR) is 80.9 cm³/mol. The number of benzene rings is 1. The molecule has 0 unspecified atom stereocenters. The van der Waals surface area contributed by atoms with Gasteiger partial charge in [0, 0.05) is 24.8 Å². The number of rotatable bonds is 3. The smallest absolute Gasteiger partial charge is 0.139 e. The van der Waals surface area contributed by atoms with E-state index in [1.54, 1.807) is 18.6 Å². The lowest BCUT2D eigenvalue weighted by Gasteiger charge is -2.18. The molecule has 3 aromatic rings. The number of hydrogen-bond donors (Lipinski definition) is 0. The summed E-state index contributed by atoms with van der Waals surface area (Å²) in [7, 11) is 1.96. The highest BCUT2D eigenvalue weighted by atomic mass is 35.5. The van der Waals surface area contributed by atoms with Crippen LogP contribution in [0.5, 0.6) is 0 Å². The van der Waals surface area contributed by atoms with E-state index in [4.69, 9.17) is 11.6 Å². The van der Waals surface area contributed by atoms with E-state index in [2.05, 4.69) is 15.0 Å². The molecule has 1 aromatic carbocycles. The van der Waals surface area contributed by atoms with Crippen molar-refractivity contribution in [2.75, 3.05) is 11.9 Å². The molecule has 0 aliphatic rings. The first-order chi connectivity index (χ1) is 9.74. The summed E-state index contributed by atoms with van der Waals surface area (Å²) in [5.41, 5.74) is 0.890. The number of anilines is 1. The fourth-order valence-corrected chi connectivity index (χ4v) is 2.33. The summed E-state index contributed by atoms with van der Waals surface area (Å²) in [6.07, 6.45) is 5.10. The zero-order chi connectivity index (χ0) is 13.9. The van der Waals surface area contributed by atoms with E-state index in [9.17, 15) is 0 Å². The van der Waals surface area contributed by atoms with Crippen LogP contribution in [0.4, 0.5) is 5.82 Å². The predicted octanol–water partition coefficient (Wildman–Crippen LogP) is 3.31. The standard InChI is InChI=1S/C15H13ClN4/c1-20(10-12-9-17-6-7-18-12)14-8-11-4-2-3-5-13(11)15(16)19-14/h2-9H,10H2,1H3. The van der Waals surface area contributed by atoms with Gasteiger partial charge >= 0.3 is 0 Å². The van der Waals surface area contributed by atoms with Crippen LogP contribution < -0.4 is 4.90 Å². The average Bonchev–Trinajstić information content (AvgIpc) is 2.48. The highest BCUT2D eigenvalue weighted by Crippen LogP contribution is 2.26. The Hall–Kier alpha value is -2.20. The number of aromatic nitrogens is 3. The van der Waals surface area contributed by atoms with Crippen LogP contribution in [0.15, 0.2) is 48.9 Å². The van der Waals surface area contributed by atoms with Crippen molar-refractivity contribution in [2.45, 2.75) is 6.54 Å². The van der Waals surface area contributed by atoms with Crippen molar-refractivity contribution in [3.05, 3.63) is 59.8 Å². The maximum atomic E-state index is 6.24. The van der Waals surface area contributed by atoms with Crippen molar-refractivity contribution < 1.29 is 0 Å². The van der Waals surface area contributed by atoms with Crippen LogP contribution in [0, 0.1) is 0 Å². The Balaban J connectivity index is 1.93. The first kappa shape index (κ1) is 12.8. The van der Waals surface area contributed by atoms with Gasteiger partial charge < -0.3 is 4.90 Å². The van der Waals surface area contributed by atoms with Crippen LogP contribution in [0.25, 0.3) is 10.8 Å². The Kier molecular flexibility index (Phi) is 3.48. The minimum atomic E-state index is 0.518. The Morgan fingerprint density at radius 3 is 2.85 bits per heavy atom. The summed E-state index contributed by atoms with van der Waals surface area (Å²) >= 11 is 6.24. The number of fused-ring (bicyclic) bond motifs is 1. The minimum Gasteiger partial charge on any atom is -0.354 e. The van der Waals surface area contributed by atoms with Gasteiger partial charge in [-0.1, -0.05) is 35.9 Å². The summed E-state index contributed by atoms with van der Waals surface area (Å²) in [5.74, 6) is 0.819. The van der Waals surface area contributed by atoms with Gasteiger partial charge in [0.25, 0.3) is 0 Å². The Labute approximate surface area is 122 Å². The molecular weight excluding hydrogens is 272 g/mol. The molecule has 5 heteroatoms. The topological polar surface area (TPSA) is 41.9 Å². The van der Waals surface area contributed by atoms with Gasteiger partial charge in [0.2, 0.25) is 0 Å². The van der Waals surface area contributed by atoms with Gasteiger partial charge in [0.05, 0.1) is 18.4 Å². The lowest BCUT2D eigenvalue weighted by molar-refractivity contribution is 0.857. The van der Waals surface area contributed by atoms with Crippen molar-refractivity contribution in [2.24, 2.45) is 0 Å². The fourth-order valence-electron chi connectivity index (χ4n) is 2.07. The normalized spacial score (nSPS) is 10.7. The summed E-state index contributed by atoms with van der Waals surface area (Å²) in [6, 6.07) is 9.97. The van der Waals surface area contributed by atoms with Crippen molar-refractivity contribution in [1.29, 1.82) is 0 Å². The van der Waals surface area contributed by atoms with E-state index < -0.39 is 0 Å². The second-order valence-electron chi connectivity index (χ2n) is 4.55. The van der Waals surface area contributed by atoms with Gasteiger partial charge in [-0.25, -0.2) is 4.98 Å². The molecule has 0 saturated heterocycles. The molecule has 0 saturated carbocycles. The largest absolute Gasteiger partial charge is 0.354 e. The van der Waals surface area contributed by atoms with Gasteiger partial charge in [0.15, 0.2) is 0 Å². The van der Waals surface area contributed by atoms with E-state index in [0.717, 1.165) is 22.3 Å². The third-order valence-corrected chi connectivity index (χ3v) is 3.38. The van der Waals surface area contributed by atoms with Gasteiger partial charge in [-0.3, -0.25) is 9.97 Å². The molecule has 20 heavy (non-hydrogen) atoms. The van der Waals surface area contributed by atoms with Crippen molar-refractivity contribution in [3.8, 4) is 0 Å². The average molecular weight is 285 g/mol. The lowest BCUT2D eigenvalue weighted by atomic mass is 10.2. The third kappa shape index (κ3) is 2.56. The summed E-state index contributed by atoms with van der Waals surface area (Å²) in [5, 5.41) is 2.56. The second-order valence-corrected chi connectivity index (χ2v) is 4.90. The van der Waals surface area contributed by atoms with Gasteiger partial charge in [-0.05, 0) is 11.5 Å². The number of nitrogens with zero attached hydrogens (tertiary/aromatic N) is 4. The summed E-state index contributed by atoms with van der Waals surface area (Å²) in [4.78, 5) is 14.8. The molecule has 0 bridgehead atoms. The zero-order valence-corrected chi connectivity index (χ0v) is 11.7. The molecule has 0 spiro atoms. The summed E-state index contributed by atoms with van der Waals surface area (Å²) < 4.78 is 0. The molecule has 2 heterocycles. The van der Waals surface area contributed by atoms with Gasteiger partial charge in [0.1, 0.15) is 11.0 Å². The lowest BCUT2D eigenvalue weighted by Crippen LogP contribution is -2.18. The second kappa shape index (κ2) is 5.43. The maximum Gasteiger partial charge on any atom is 0.139 e. The number of hydrogen-bond acceptors (Lipinski definition) is 4. The third-order valence-electron chi connectivity index (χ3n) is 3.09. The number of halogens is 1. The monoisotopic (exact) mass is 284 g/mol. The van der Waals surface area contributed by atoms with Crippen LogP contribution in [0.2, 0.25) is 5.15 Å². The Morgan fingerprint density at radius 1 is 1.20 bits per heavy atom. The molecule has 0 N–H and O–H groups in total. The molecular formula is C15H13ClN4. The molecule has 0 atom stereocenters. The van der Waals surface area contributed by atoms with E-state index in [1.807, 2.05) is 42.3 Å². The Morgan fingerprint density at radius 2 is 2.05 bits per heavy atom. The molecule has 0 fully saturated rings. The van der Waals surface area contributed by atoms with Crippen LogP contribution in [0.3, 0.4) is 0 Å². The van der Waals surface area contributed by atoms with Crippen molar-refractivity contribution >= 4 is 28.2 Å². The zero-order valence-electron chi connectivity index (χ0n) is 11.0. The quantitative estimate of drug-likeness (QED) is 0.692. The molecule has 100 valence electrons. The van der Waals surface area contributed by atoms with E-state index in [1.165, 1.54) is 0 Å². The van der Waals surface area contributed by atoms with E-state index in [0.29, 0.717) is 11.7 Å². The highest BCUT2D eigenvalue weighted by Gasteiger charge is 2.08. The number of pyridine rings is 1. The molecule has 0 amide bonds. The van der Waals surface area contributed by atoms with Crippen LogP contribution in [0.1, 0.15) is 5.69 Å². The van der Waals surface area contributed by atoms with E-state index >= 15 is 0 Å². The highest BCUT2D eigenvalue weighted by molar-refractivity contribution is 6.34. The van der Waals surface area contributed by atoms with E-state index in [-0.39, 0.29) is 0 Å². The maximum absolute atomic E-state index is 6.24. The first-order valence-corrected chi connectivity index (χ1v) is 6.63. The Bertz CT molecular complexity index is 730. The molecule has 3 rings (SSSR count).